The van der Waals surface area contributed by atoms with Crippen LogP contribution in [0.25, 0.3) is 0 Å². The number of hydrogen-bond acceptors (Lipinski definition) is 2. The SMILES string of the molecule is CC(N)CCC(=O)NC(C)(C)C. The molecule has 0 aliphatic rings. The van der Waals surface area contributed by atoms with Crippen molar-refractivity contribution in [3.05, 3.63) is 0 Å². The second-order valence-electron chi connectivity index (χ2n) is 4.31. The van der Waals surface area contributed by atoms with Crippen molar-refractivity contribution >= 4 is 5.91 Å². The van der Waals surface area contributed by atoms with Gasteiger partial charge < -0.3 is 11.1 Å². The van der Waals surface area contributed by atoms with Gasteiger partial charge in [-0.1, -0.05) is 0 Å². The molecule has 0 saturated carbocycles. The van der Waals surface area contributed by atoms with Gasteiger partial charge in [0.15, 0.2) is 0 Å². The Bertz CT molecular complexity index is 147. The predicted octanol–water partition coefficient (Wildman–Crippen LogP) is 1.03. The van der Waals surface area contributed by atoms with Crippen LogP contribution < -0.4 is 11.1 Å². The Kier molecular flexibility index (Phi) is 4.24. The minimum Gasteiger partial charge on any atom is -0.352 e. The summed E-state index contributed by atoms with van der Waals surface area (Å²) in [7, 11) is 0. The van der Waals surface area contributed by atoms with Crippen molar-refractivity contribution in [2.75, 3.05) is 0 Å². The highest BCUT2D eigenvalue weighted by Gasteiger charge is 2.13. The fraction of sp³-hybridized carbons (Fsp3) is 0.889. The third-order valence-electron chi connectivity index (χ3n) is 1.34. The lowest BCUT2D eigenvalue weighted by atomic mass is 10.1. The van der Waals surface area contributed by atoms with E-state index in [4.69, 9.17) is 5.73 Å². The van der Waals surface area contributed by atoms with Gasteiger partial charge in [-0.2, -0.15) is 0 Å². The van der Waals surface area contributed by atoms with Crippen LogP contribution in [0.15, 0.2) is 0 Å². The molecule has 0 saturated heterocycles. The molecule has 0 radical (unpaired) electrons. The molecule has 3 N–H and O–H groups in total. The zero-order chi connectivity index (χ0) is 9.78. The average molecular weight is 172 g/mol. The van der Waals surface area contributed by atoms with Gasteiger partial charge in [0.25, 0.3) is 0 Å². The van der Waals surface area contributed by atoms with Crippen LogP contribution >= 0.6 is 0 Å². The van der Waals surface area contributed by atoms with E-state index in [2.05, 4.69) is 5.32 Å². The molecule has 0 heterocycles. The van der Waals surface area contributed by atoms with Crippen molar-refractivity contribution in [2.24, 2.45) is 5.73 Å². The lowest BCUT2D eigenvalue weighted by molar-refractivity contribution is -0.122. The molecule has 0 aromatic heterocycles. The van der Waals surface area contributed by atoms with Crippen LogP contribution in [0.3, 0.4) is 0 Å². The smallest absolute Gasteiger partial charge is 0.220 e. The van der Waals surface area contributed by atoms with E-state index in [9.17, 15) is 4.79 Å². The number of nitrogens with one attached hydrogen (secondary N) is 1. The largest absolute Gasteiger partial charge is 0.352 e. The molecule has 0 spiro atoms. The van der Waals surface area contributed by atoms with Crippen molar-refractivity contribution in [2.45, 2.75) is 52.1 Å². The zero-order valence-electron chi connectivity index (χ0n) is 8.48. The molecule has 0 bridgehead atoms. The maximum Gasteiger partial charge on any atom is 0.220 e. The Morgan fingerprint density at radius 2 is 2.00 bits per heavy atom. The Morgan fingerprint density at radius 1 is 1.50 bits per heavy atom. The average Bonchev–Trinajstić information content (AvgIpc) is 1.79. The highest BCUT2D eigenvalue weighted by molar-refractivity contribution is 5.76. The summed E-state index contributed by atoms with van der Waals surface area (Å²) in [6.07, 6.45) is 1.27. The van der Waals surface area contributed by atoms with Crippen LogP contribution in [0.4, 0.5) is 0 Å². The molecule has 0 fully saturated rings. The third-order valence-corrected chi connectivity index (χ3v) is 1.34. The first-order chi connectivity index (χ1) is 5.31. The molecule has 3 heteroatoms. The maximum atomic E-state index is 11.2. The van der Waals surface area contributed by atoms with E-state index in [0.29, 0.717) is 6.42 Å². The van der Waals surface area contributed by atoms with E-state index in [1.165, 1.54) is 0 Å². The van der Waals surface area contributed by atoms with Crippen molar-refractivity contribution in [1.82, 2.24) is 5.32 Å². The molecule has 1 amide bonds. The van der Waals surface area contributed by atoms with Gasteiger partial charge in [-0.3, -0.25) is 4.79 Å². The molecule has 0 aliphatic heterocycles. The Morgan fingerprint density at radius 3 is 2.33 bits per heavy atom. The number of carbonyl (C=O) groups is 1. The first kappa shape index (κ1) is 11.4. The zero-order valence-corrected chi connectivity index (χ0v) is 8.48. The summed E-state index contributed by atoms with van der Waals surface area (Å²) in [4.78, 5) is 11.2. The molecule has 12 heavy (non-hydrogen) atoms. The lowest BCUT2D eigenvalue weighted by Gasteiger charge is -2.20. The minimum atomic E-state index is -0.130. The Hall–Kier alpha value is -0.570. The van der Waals surface area contributed by atoms with Crippen molar-refractivity contribution in [3.63, 3.8) is 0 Å². The van der Waals surface area contributed by atoms with E-state index in [-0.39, 0.29) is 17.5 Å². The number of amides is 1. The van der Waals surface area contributed by atoms with Gasteiger partial charge in [-0.05, 0) is 34.1 Å². The van der Waals surface area contributed by atoms with E-state index in [0.717, 1.165) is 6.42 Å². The number of nitrogens with two attached hydrogens (primary N) is 1. The van der Waals surface area contributed by atoms with Crippen LogP contribution in [0, 0.1) is 0 Å². The second-order valence-corrected chi connectivity index (χ2v) is 4.31. The van der Waals surface area contributed by atoms with E-state index < -0.39 is 0 Å². The van der Waals surface area contributed by atoms with Crippen LogP contribution in [-0.2, 0) is 4.79 Å². The second kappa shape index (κ2) is 4.45. The van der Waals surface area contributed by atoms with Gasteiger partial charge >= 0.3 is 0 Å². The van der Waals surface area contributed by atoms with Crippen molar-refractivity contribution in [3.8, 4) is 0 Å². The topological polar surface area (TPSA) is 55.1 Å². The number of carbonyl (C=O) groups excluding carboxylic acids is 1. The Balaban J connectivity index is 3.61. The van der Waals surface area contributed by atoms with Gasteiger partial charge in [0.2, 0.25) is 5.91 Å². The summed E-state index contributed by atoms with van der Waals surface area (Å²) < 4.78 is 0. The molecular weight excluding hydrogens is 152 g/mol. The van der Waals surface area contributed by atoms with Crippen LogP contribution in [0.2, 0.25) is 0 Å². The standard InChI is InChI=1S/C9H20N2O/c1-7(10)5-6-8(12)11-9(2,3)4/h7H,5-6,10H2,1-4H3,(H,11,12). The van der Waals surface area contributed by atoms with Gasteiger partial charge in [-0.25, -0.2) is 0 Å². The molecule has 1 atom stereocenters. The molecular formula is C9H20N2O. The molecule has 72 valence electrons. The molecule has 3 nitrogen and oxygen atoms in total. The first-order valence-corrected chi connectivity index (χ1v) is 4.38. The summed E-state index contributed by atoms with van der Waals surface area (Å²) in [6, 6.07) is 0.107. The van der Waals surface area contributed by atoms with Crippen molar-refractivity contribution < 1.29 is 4.79 Å². The van der Waals surface area contributed by atoms with Crippen LogP contribution in [0.5, 0.6) is 0 Å². The Labute approximate surface area is 74.7 Å². The van der Waals surface area contributed by atoms with E-state index in [1.807, 2.05) is 27.7 Å². The third kappa shape index (κ3) is 7.54. The van der Waals surface area contributed by atoms with Gasteiger partial charge in [0.05, 0.1) is 0 Å². The predicted molar refractivity (Wildman–Crippen MR) is 50.8 cm³/mol. The summed E-state index contributed by atoms with van der Waals surface area (Å²) in [5.74, 6) is 0.0831. The highest BCUT2D eigenvalue weighted by atomic mass is 16.1. The van der Waals surface area contributed by atoms with E-state index in [1.54, 1.807) is 0 Å². The van der Waals surface area contributed by atoms with Gasteiger partial charge in [0.1, 0.15) is 0 Å². The summed E-state index contributed by atoms with van der Waals surface area (Å²) in [6.45, 7) is 7.81. The van der Waals surface area contributed by atoms with Crippen LogP contribution in [-0.4, -0.2) is 17.5 Å². The van der Waals surface area contributed by atoms with Gasteiger partial charge in [0, 0.05) is 18.0 Å². The van der Waals surface area contributed by atoms with Crippen LogP contribution in [0.1, 0.15) is 40.5 Å². The maximum absolute atomic E-state index is 11.2. The molecule has 0 aliphatic carbocycles. The lowest BCUT2D eigenvalue weighted by Crippen LogP contribution is -2.40. The summed E-state index contributed by atoms with van der Waals surface area (Å²) in [5.41, 5.74) is 5.39. The molecule has 0 aromatic carbocycles. The molecule has 0 rings (SSSR count). The molecule has 0 aromatic rings. The molecule has 1 unspecified atom stereocenters. The van der Waals surface area contributed by atoms with E-state index >= 15 is 0 Å². The summed E-state index contributed by atoms with van der Waals surface area (Å²) >= 11 is 0. The number of hydrogen-bond donors (Lipinski definition) is 2. The number of rotatable bonds is 3. The summed E-state index contributed by atoms with van der Waals surface area (Å²) in [5, 5.41) is 2.88. The fourth-order valence-electron chi connectivity index (χ4n) is 0.840. The monoisotopic (exact) mass is 172 g/mol. The van der Waals surface area contributed by atoms with Gasteiger partial charge in [-0.15, -0.1) is 0 Å². The minimum absolute atomic E-state index is 0.0831. The van der Waals surface area contributed by atoms with Crippen molar-refractivity contribution in [1.29, 1.82) is 0 Å². The fourth-order valence-corrected chi connectivity index (χ4v) is 0.840. The first-order valence-electron chi connectivity index (χ1n) is 4.38. The normalized spacial score (nSPS) is 14.1. The quantitative estimate of drug-likeness (QED) is 0.668. The highest BCUT2D eigenvalue weighted by Crippen LogP contribution is 2.01.